The van der Waals surface area contributed by atoms with Crippen LogP contribution in [0, 0.1) is 3.83 Å². The molecule has 0 radical (unpaired) electrons. The fourth-order valence-corrected chi connectivity index (χ4v) is 3.65. The number of benzene rings is 1. The van der Waals surface area contributed by atoms with E-state index in [0.717, 1.165) is 3.83 Å². The summed E-state index contributed by atoms with van der Waals surface area (Å²) in [6.45, 7) is 2.25. The zero-order valence-corrected chi connectivity index (χ0v) is 13.2. The van der Waals surface area contributed by atoms with Crippen LogP contribution >= 0.6 is 45.2 Å². The molecule has 0 saturated heterocycles. The molecule has 84 valence electrons. The molecule has 2 atom stereocenters. The van der Waals surface area contributed by atoms with Crippen LogP contribution in [-0.4, -0.2) is 9.55 Å². The first-order valence-corrected chi connectivity index (χ1v) is 7.40. The lowest BCUT2D eigenvalue weighted by atomic mass is 10.0. The highest BCUT2D eigenvalue weighted by Gasteiger charge is 2.18. The monoisotopic (exact) mass is 438 g/mol. The summed E-state index contributed by atoms with van der Waals surface area (Å²) in [6, 6.07) is 10.6. The first-order chi connectivity index (χ1) is 7.70. The highest BCUT2D eigenvalue weighted by Crippen LogP contribution is 2.34. The van der Waals surface area contributed by atoms with Crippen molar-refractivity contribution in [2.24, 2.45) is 0 Å². The molecule has 0 N–H and O–H groups in total. The SMILES string of the molecule is CC(c1ccccc1)C(I)n1ccnc1I. The van der Waals surface area contributed by atoms with Crippen LogP contribution in [0.15, 0.2) is 42.7 Å². The highest BCUT2D eigenvalue weighted by atomic mass is 127. The molecule has 0 bridgehead atoms. The minimum absolute atomic E-state index is 0.398. The third-order valence-corrected chi connectivity index (χ3v) is 5.14. The fraction of sp³-hybridized carbons (Fsp3) is 0.250. The Morgan fingerprint density at radius 1 is 1.25 bits per heavy atom. The summed E-state index contributed by atoms with van der Waals surface area (Å²) in [6.07, 6.45) is 3.89. The van der Waals surface area contributed by atoms with Crippen molar-refractivity contribution in [1.82, 2.24) is 9.55 Å². The largest absolute Gasteiger partial charge is 0.313 e. The lowest BCUT2D eigenvalue weighted by Crippen LogP contribution is -2.10. The summed E-state index contributed by atoms with van der Waals surface area (Å²) in [5, 5.41) is 0. The number of halogens is 2. The Labute approximate surface area is 123 Å². The van der Waals surface area contributed by atoms with Crippen LogP contribution in [0.3, 0.4) is 0 Å². The maximum absolute atomic E-state index is 4.26. The van der Waals surface area contributed by atoms with Crippen LogP contribution < -0.4 is 0 Å². The highest BCUT2D eigenvalue weighted by molar-refractivity contribution is 14.1. The van der Waals surface area contributed by atoms with Gasteiger partial charge in [-0.15, -0.1) is 0 Å². The van der Waals surface area contributed by atoms with Gasteiger partial charge in [0.15, 0.2) is 3.83 Å². The van der Waals surface area contributed by atoms with Crippen LogP contribution in [-0.2, 0) is 0 Å². The summed E-state index contributed by atoms with van der Waals surface area (Å²) in [7, 11) is 0. The van der Waals surface area contributed by atoms with Crippen molar-refractivity contribution >= 4 is 45.2 Å². The number of imidazole rings is 1. The third-order valence-electron chi connectivity index (χ3n) is 2.63. The molecular weight excluding hydrogens is 426 g/mol. The number of alkyl halides is 1. The van der Waals surface area contributed by atoms with Gasteiger partial charge in [-0.3, -0.25) is 0 Å². The number of hydrogen-bond acceptors (Lipinski definition) is 1. The van der Waals surface area contributed by atoms with E-state index < -0.39 is 0 Å². The number of hydrogen-bond donors (Lipinski definition) is 0. The zero-order chi connectivity index (χ0) is 11.5. The van der Waals surface area contributed by atoms with E-state index in [4.69, 9.17) is 0 Å². The zero-order valence-electron chi connectivity index (χ0n) is 8.85. The van der Waals surface area contributed by atoms with Crippen molar-refractivity contribution in [3.8, 4) is 0 Å². The Balaban J connectivity index is 2.23. The molecule has 0 spiro atoms. The lowest BCUT2D eigenvalue weighted by molar-refractivity contribution is 0.591. The second-order valence-corrected chi connectivity index (χ2v) is 5.92. The van der Waals surface area contributed by atoms with E-state index in [0.29, 0.717) is 9.97 Å². The van der Waals surface area contributed by atoms with Crippen molar-refractivity contribution in [3.05, 3.63) is 52.1 Å². The number of nitrogens with zero attached hydrogens (tertiary/aromatic N) is 2. The molecule has 1 aromatic heterocycles. The molecule has 1 aromatic carbocycles. The van der Waals surface area contributed by atoms with E-state index >= 15 is 0 Å². The smallest absolute Gasteiger partial charge is 0.172 e. The summed E-state index contributed by atoms with van der Waals surface area (Å²) >= 11 is 4.75. The van der Waals surface area contributed by atoms with Crippen LogP contribution in [0.1, 0.15) is 22.5 Å². The molecule has 0 saturated carbocycles. The van der Waals surface area contributed by atoms with Gasteiger partial charge in [0.05, 0.1) is 4.05 Å². The van der Waals surface area contributed by atoms with E-state index in [2.05, 4.69) is 92.0 Å². The molecule has 2 nitrogen and oxygen atoms in total. The van der Waals surface area contributed by atoms with E-state index in [9.17, 15) is 0 Å². The first-order valence-electron chi connectivity index (χ1n) is 5.07. The number of rotatable bonds is 3. The normalized spacial score (nSPS) is 14.7. The predicted octanol–water partition coefficient (Wildman–Crippen LogP) is 4.23. The van der Waals surface area contributed by atoms with Gasteiger partial charge >= 0.3 is 0 Å². The van der Waals surface area contributed by atoms with Crippen LogP contribution in [0.25, 0.3) is 0 Å². The van der Waals surface area contributed by atoms with Crippen LogP contribution in [0.4, 0.5) is 0 Å². The minimum atomic E-state index is 0.398. The average molecular weight is 438 g/mol. The minimum Gasteiger partial charge on any atom is -0.313 e. The van der Waals surface area contributed by atoms with Crippen LogP contribution in [0.2, 0.25) is 0 Å². The molecule has 2 aromatic rings. The molecule has 0 aliphatic rings. The molecule has 0 aliphatic carbocycles. The molecular formula is C12H12I2N2. The summed E-state index contributed by atoms with van der Waals surface area (Å²) < 4.78 is 3.65. The Hall–Kier alpha value is -0.110. The van der Waals surface area contributed by atoms with Crippen molar-refractivity contribution in [2.45, 2.75) is 16.9 Å². The van der Waals surface area contributed by atoms with E-state index in [1.807, 2.05) is 12.4 Å². The molecule has 0 aliphatic heterocycles. The first kappa shape index (κ1) is 12.3. The van der Waals surface area contributed by atoms with Crippen molar-refractivity contribution in [1.29, 1.82) is 0 Å². The summed E-state index contributed by atoms with van der Waals surface area (Å²) in [5.74, 6) is 0.476. The predicted molar refractivity (Wildman–Crippen MR) is 82.9 cm³/mol. The van der Waals surface area contributed by atoms with Gasteiger partial charge in [0.2, 0.25) is 0 Å². The second-order valence-electron chi connectivity index (χ2n) is 3.68. The van der Waals surface area contributed by atoms with Gasteiger partial charge in [0.1, 0.15) is 0 Å². The molecule has 2 rings (SSSR count). The van der Waals surface area contributed by atoms with Gasteiger partial charge in [-0.2, -0.15) is 0 Å². The van der Waals surface area contributed by atoms with E-state index in [1.165, 1.54) is 5.56 Å². The Bertz CT molecular complexity index is 453. The van der Waals surface area contributed by atoms with Gasteiger partial charge in [0, 0.05) is 18.3 Å². The topological polar surface area (TPSA) is 17.8 Å². The molecule has 1 heterocycles. The average Bonchev–Trinajstić information content (AvgIpc) is 2.75. The van der Waals surface area contributed by atoms with Gasteiger partial charge in [-0.1, -0.05) is 59.8 Å². The fourth-order valence-electron chi connectivity index (χ4n) is 1.64. The number of aromatic nitrogens is 2. The lowest BCUT2D eigenvalue weighted by Gasteiger charge is -2.20. The summed E-state index contributed by atoms with van der Waals surface area (Å²) in [5.41, 5.74) is 1.37. The molecule has 16 heavy (non-hydrogen) atoms. The molecule has 4 heteroatoms. The van der Waals surface area contributed by atoms with Gasteiger partial charge in [0.25, 0.3) is 0 Å². The maximum atomic E-state index is 4.26. The molecule has 0 fully saturated rings. The third kappa shape index (κ3) is 2.58. The summed E-state index contributed by atoms with van der Waals surface area (Å²) in [4.78, 5) is 4.26. The Kier molecular flexibility index (Phi) is 4.23. The standard InChI is InChI=1S/C12H12I2N2/c1-9(10-5-3-2-4-6-10)11(13)16-8-7-15-12(16)14/h2-9,11H,1H3. The van der Waals surface area contributed by atoms with Crippen LogP contribution in [0.5, 0.6) is 0 Å². The van der Waals surface area contributed by atoms with Gasteiger partial charge in [-0.05, 0) is 28.2 Å². The van der Waals surface area contributed by atoms with Crippen molar-refractivity contribution in [3.63, 3.8) is 0 Å². The van der Waals surface area contributed by atoms with E-state index in [1.54, 1.807) is 0 Å². The van der Waals surface area contributed by atoms with Crippen molar-refractivity contribution in [2.75, 3.05) is 0 Å². The molecule has 0 amide bonds. The molecule has 2 unspecified atom stereocenters. The van der Waals surface area contributed by atoms with Gasteiger partial charge < -0.3 is 4.57 Å². The van der Waals surface area contributed by atoms with Crippen molar-refractivity contribution < 1.29 is 0 Å². The Morgan fingerprint density at radius 2 is 1.94 bits per heavy atom. The quantitative estimate of drug-likeness (QED) is 0.519. The maximum Gasteiger partial charge on any atom is 0.172 e. The Morgan fingerprint density at radius 3 is 2.50 bits per heavy atom. The van der Waals surface area contributed by atoms with Gasteiger partial charge in [-0.25, -0.2) is 4.98 Å². The van der Waals surface area contributed by atoms with E-state index in [-0.39, 0.29) is 0 Å². The second kappa shape index (κ2) is 5.48.